The summed E-state index contributed by atoms with van der Waals surface area (Å²) in [6.45, 7) is 2.28. The molecule has 1 saturated heterocycles. The minimum Gasteiger partial charge on any atom is -0.392 e. The van der Waals surface area contributed by atoms with Crippen molar-refractivity contribution in [3.05, 3.63) is 0 Å². The molecule has 0 aromatic carbocycles. The van der Waals surface area contributed by atoms with E-state index in [1.165, 1.54) is 6.42 Å². The third-order valence-electron chi connectivity index (χ3n) is 2.99. The Hall–Kier alpha value is -0.120. The molecule has 2 fully saturated rings. The highest BCUT2D eigenvalue weighted by Crippen LogP contribution is 2.20. The van der Waals surface area contributed by atoms with Gasteiger partial charge in [0.1, 0.15) is 0 Å². The van der Waals surface area contributed by atoms with Gasteiger partial charge in [-0.05, 0) is 26.3 Å². The van der Waals surface area contributed by atoms with Gasteiger partial charge in [0.15, 0.2) is 0 Å². The van der Waals surface area contributed by atoms with E-state index < -0.39 is 0 Å². The number of likely N-dealkylation sites (tertiary alicyclic amines) is 1. The molecule has 0 aromatic heterocycles. The Bertz CT molecular complexity index is 157. The van der Waals surface area contributed by atoms with Crippen molar-refractivity contribution in [2.45, 2.75) is 37.5 Å². The van der Waals surface area contributed by atoms with Crippen molar-refractivity contribution < 1.29 is 5.11 Å². The van der Waals surface area contributed by atoms with Gasteiger partial charge in [-0.3, -0.25) is 0 Å². The van der Waals surface area contributed by atoms with Crippen molar-refractivity contribution in [1.29, 1.82) is 0 Å². The van der Waals surface area contributed by atoms with Crippen LogP contribution in [0.15, 0.2) is 0 Å². The first-order valence-corrected chi connectivity index (χ1v) is 4.88. The average molecular weight is 170 g/mol. The summed E-state index contributed by atoms with van der Waals surface area (Å²) in [6, 6.07) is 1.01. The standard InChI is InChI=1S/C9H18N2O/c1-11-5-7(6-11)10-8-3-2-4-9(8)12/h7-10,12H,2-6H2,1H3/t8-,9-/m1/s1. The Morgan fingerprint density at radius 2 is 2.08 bits per heavy atom. The van der Waals surface area contributed by atoms with Crippen LogP contribution in [-0.2, 0) is 0 Å². The van der Waals surface area contributed by atoms with Crippen molar-refractivity contribution in [2.75, 3.05) is 20.1 Å². The van der Waals surface area contributed by atoms with E-state index in [4.69, 9.17) is 0 Å². The first-order chi connectivity index (χ1) is 5.75. The number of aliphatic hydroxyl groups excluding tert-OH is 1. The van der Waals surface area contributed by atoms with Gasteiger partial charge in [0.05, 0.1) is 6.10 Å². The summed E-state index contributed by atoms with van der Waals surface area (Å²) in [4.78, 5) is 2.29. The van der Waals surface area contributed by atoms with Gasteiger partial charge in [0.2, 0.25) is 0 Å². The molecule has 0 amide bonds. The first kappa shape index (κ1) is 8.48. The highest BCUT2D eigenvalue weighted by Gasteiger charge is 2.31. The molecule has 3 heteroatoms. The van der Waals surface area contributed by atoms with Crippen LogP contribution in [0, 0.1) is 0 Å². The highest BCUT2D eigenvalue weighted by molar-refractivity contribution is 4.91. The molecule has 2 N–H and O–H groups in total. The number of aliphatic hydroxyl groups is 1. The highest BCUT2D eigenvalue weighted by atomic mass is 16.3. The van der Waals surface area contributed by atoms with Crippen LogP contribution in [0.5, 0.6) is 0 Å². The fourth-order valence-electron chi connectivity index (χ4n) is 2.24. The van der Waals surface area contributed by atoms with E-state index in [0.29, 0.717) is 12.1 Å². The third-order valence-corrected chi connectivity index (χ3v) is 2.99. The summed E-state index contributed by atoms with van der Waals surface area (Å²) in [6.07, 6.45) is 3.24. The molecule has 1 saturated carbocycles. The molecule has 2 atom stereocenters. The van der Waals surface area contributed by atoms with Gasteiger partial charge >= 0.3 is 0 Å². The summed E-state index contributed by atoms with van der Waals surface area (Å²) >= 11 is 0. The van der Waals surface area contributed by atoms with Crippen molar-refractivity contribution in [3.63, 3.8) is 0 Å². The normalized spacial score (nSPS) is 38.5. The maximum absolute atomic E-state index is 9.55. The zero-order chi connectivity index (χ0) is 8.55. The number of rotatable bonds is 2. The Labute approximate surface area is 73.8 Å². The molecule has 0 aromatic rings. The molecule has 1 heterocycles. The van der Waals surface area contributed by atoms with Crippen LogP contribution in [0.4, 0.5) is 0 Å². The molecule has 2 aliphatic rings. The summed E-state index contributed by atoms with van der Waals surface area (Å²) in [5.41, 5.74) is 0. The van der Waals surface area contributed by atoms with Gasteiger partial charge in [-0.15, -0.1) is 0 Å². The minimum absolute atomic E-state index is 0.0871. The maximum atomic E-state index is 9.55. The molecule has 1 aliphatic carbocycles. The van der Waals surface area contributed by atoms with E-state index in [2.05, 4.69) is 17.3 Å². The second kappa shape index (κ2) is 3.32. The summed E-state index contributed by atoms with van der Waals surface area (Å²) in [7, 11) is 2.13. The lowest BCUT2D eigenvalue weighted by atomic mass is 10.1. The number of hydrogen-bond donors (Lipinski definition) is 2. The average Bonchev–Trinajstić information content (AvgIpc) is 2.33. The monoisotopic (exact) mass is 170 g/mol. The molecule has 0 bridgehead atoms. The fourth-order valence-corrected chi connectivity index (χ4v) is 2.24. The third kappa shape index (κ3) is 1.63. The van der Waals surface area contributed by atoms with E-state index >= 15 is 0 Å². The lowest BCUT2D eigenvalue weighted by molar-refractivity contribution is 0.103. The minimum atomic E-state index is -0.0871. The summed E-state index contributed by atoms with van der Waals surface area (Å²) in [5, 5.41) is 13.1. The van der Waals surface area contributed by atoms with Gasteiger partial charge in [-0.25, -0.2) is 0 Å². The summed E-state index contributed by atoms with van der Waals surface area (Å²) in [5.74, 6) is 0. The Morgan fingerprint density at radius 3 is 2.58 bits per heavy atom. The van der Waals surface area contributed by atoms with Crippen molar-refractivity contribution >= 4 is 0 Å². The summed E-state index contributed by atoms with van der Waals surface area (Å²) < 4.78 is 0. The van der Waals surface area contributed by atoms with E-state index in [1.807, 2.05) is 0 Å². The van der Waals surface area contributed by atoms with E-state index in [0.717, 1.165) is 25.9 Å². The van der Waals surface area contributed by atoms with Crippen LogP contribution in [-0.4, -0.2) is 48.3 Å². The predicted molar refractivity (Wildman–Crippen MR) is 48.1 cm³/mol. The molecule has 2 rings (SSSR count). The zero-order valence-electron chi connectivity index (χ0n) is 7.66. The number of likely N-dealkylation sites (N-methyl/N-ethyl adjacent to an activating group) is 1. The van der Waals surface area contributed by atoms with Crippen molar-refractivity contribution in [3.8, 4) is 0 Å². The van der Waals surface area contributed by atoms with Gasteiger partial charge < -0.3 is 15.3 Å². The SMILES string of the molecule is CN1CC(N[C@@H]2CCC[C@H]2O)C1. The Balaban J connectivity index is 1.72. The molecule has 1 aliphatic heterocycles. The molecule has 3 nitrogen and oxygen atoms in total. The van der Waals surface area contributed by atoms with Gasteiger partial charge in [0.25, 0.3) is 0 Å². The predicted octanol–water partition coefficient (Wildman–Crippen LogP) is -0.197. The molecule has 0 unspecified atom stereocenters. The Morgan fingerprint density at radius 1 is 1.33 bits per heavy atom. The molecule has 0 radical (unpaired) electrons. The number of hydrogen-bond acceptors (Lipinski definition) is 3. The van der Waals surface area contributed by atoms with Crippen LogP contribution in [0.25, 0.3) is 0 Å². The van der Waals surface area contributed by atoms with Crippen LogP contribution >= 0.6 is 0 Å². The van der Waals surface area contributed by atoms with Crippen LogP contribution in [0.1, 0.15) is 19.3 Å². The largest absolute Gasteiger partial charge is 0.392 e. The fraction of sp³-hybridized carbons (Fsp3) is 1.00. The molecule has 0 spiro atoms. The molecule has 70 valence electrons. The van der Waals surface area contributed by atoms with Gasteiger partial charge in [-0.2, -0.15) is 0 Å². The van der Waals surface area contributed by atoms with E-state index in [1.54, 1.807) is 0 Å². The quantitative estimate of drug-likeness (QED) is 0.602. The van der Waals surface area contributed by atoms with E-state index in [9.17, 15) is 5.11 Å². The molecular formula is C9H18N2O. The maximum Gasteiger partial charge on any atom is 0.0693 e. The van der Waals surface area contributed by atoms with Crippen LogP contribution in [0.2, 0.25) is 0 Å². The number of nitrogens with one attached hydrogen (secondary N) is 1. The van der Waals surface area contributed by atoms with Crippen molar-refractivity contribution in [2.24, 2.45) is 0 Å². The van der Waals surface area contributed by atoms with Crippen molar-refractivity contribution in [1.82, 2.24) is 10.2 Å². The van der Waals surface area contributed by atoms with Gasteiger partial charge in [0, 0.05) is 25.2 Å². The lowest BCUT2D eigenvalue weighted by Gasteiger charge is -2.39. The zero-order valence-corrected chi connectivity index (χ0v) is 7.66. The van der Waals surface area contributed by atoms with Crippen LogP contribution in [0.3, 0.4) is 0 Å². The Kier molecular flexibility index (Phi) is 2.35. The smallest absolute Gasteiger partial charge is 0.0693 e. The number of nitrogens with zero attached hydrogens (tertiary/aromatic N) is 1. The van der Waals surface area contributed by atoms with Crippen LogP contribution < -0.4 is 5.32 Å². The topological polar surface area (TPSA) is 35.5 Å². The van der Waals surface area contributed by atoms with Gasteiger partial charge in [-0.1, -0.05) is 0 Å². The lowest BCUT2D eigenvalue weighted by Crippen LogP contribution is -2.59. The second-order valence-electron chi connectivity index (χ2n) is 4.19. The van der Waals surface area contributed by atoms with E-state index in [-0.39, 0.29) is 6.10 Å². The molecular weight excluding hydrogens is 152 g/mol. The first-order valence-electron chi connectivity index (χ1n) is 4.88. The molecule has 12 heavy (non-hydrogen) atoms. The second-order valence-corrected chi connectivity index (χ2v) is 4.19.